The molecule has 0 heterocycles. The lowest BCUT2D eigenvalue weighted by molar-refractivity contribution is -0.119. The largest absolute Gasteiger partial charge is 0.417 e. The fourth-order valence-corrected chi connectivity index (χ4v) is 2.75. The van der Waals surface area contributed by atoms with Gasteiger partial charge < -0.3 is 4.43 Å². The standard InChI is InChI=1S/C16H34O2Si/c1-7-8-9-12-15(17)13-10-11-14-18-19(5,6)16(2,3)4/h7-14H2,1-6H3. The highest BCUT2D eigenvalue weighted by Gasteiger charge is 2.36. The van der Waals surface area contributed by atoms with Gasteiger partial charge in [0.2, 0.25) is 0 Å². The molecule has 2 nitrogen and oxygen atoms in total. The van der Waals surface area contributed by atoms with Crippen LogP contribution in [0.25, 0.3) is 0 Å². The second-order valence-corrected chi connectivity index (χ2v) is 11.9. The number of carbonyl (C=O) groups excluding carboxylic acids is 1. The van der Waals surface area contributed by atoms with E-state index in [1.54, 1.807) is 0 Å². The van der Waals surface area contributed by atoms with Gasteiger partial charge in [-0.3, -0.25) is 4.79 Å². The van der Waals surface area contributed by atoms with E-state index in [-0.39, 0.29) is 5.04 Å². The molecule has 0 atom stereocenters. The Morgan fingerprint density at radius 1 is 1.00 bits per heavy atom. The van der Waals surface area contributed by atoms with E-state index in [4.69, 9.17) is 4.43 Å². The molecule has 0 N–H and O–H groups in total. The van der Waals surface area contributed by atoms with Crippen LogP contribution in [-0.2, 0) is 9.22 Å². The van der Waals surface area contributed by atoms with Gasteiger partial charge in [0.05, 0.1) is 0 Å². The minimum Gasteiger partial charge on any atom is -0.417 e. The average Bonchev–Trinajstić information content (AvgIpc) is 2.27. The molecule has 0 aliphatic heterocycles. The molecule has 114 valence electrons. The van der Waals surface area contributed by atoms with Crippen molar-refractivity contribution in [3.05, 3.63) is 0 Å². The predicted octanol–water partition coefficient (Wildman–Crippen LogP) is 5.33. The Morgan fingerprint density at radius 3 is 2.00 bits per heavy atom. The number of ketones is 1. The van der Waals surface area contributed by atoms with E-state index in [0.29, 0.717) is 5.78 Å². The molecule has 0 saturated heterocycles. The Kier molecular flexibility index (Phi) is 8.84. The summed E-state index contributed by atoms with van der Waals surface area (Å²) in [5.74, 6) is 0.431. The van der Waals surface area contributed by atoms with Crippen LogP contribution < -0.4 is 0 Å². The summed E-state index contributed by atoms with van der Waals surface area (Å²) in [7, 11) is -1.59. The molecule has 0 aromatic rings. The van der Waals surface area contributed by atoms with E-state index in [1.807, 2.05) is 0 Å². The summed E-state index contributed by atoms with van der Waals surface area (Å²) in [5, 5.41) is 0.281. The van der Waals surface area contributed by atoms with Gasteiger partial charge in [0.1, 0.15) is 5.78 Å². The van der Waals surface area contributed by atoms with Gasteiger partial charge in [-0.15, -0.1) is 0 Å². The van der Waals surface area contributed by atoms with Crippen LogP contribution in [0.4, 0.5) is 0 Å². The van der Waals surface area contributed by atoms with E-state index < -0.39 is 8.32 Å². The van der Waals surface area contributed by atoms with Gasteiger partial charge in [-0.2, -0.15) is 0 Å². The number of unbranched alkanes of at least 4 members (excludes halogenated alkanes) is 3. The van der Waals surface area contributed by atoms with E-state index >= 15 is 0 Å². The number of carbonyl (C=O) groups is 1. The highest BCUT2D eigenvalue weighted by molar-refractivity contribution is 6.74. The maximum atomic E-state index is 11.6. The van der Waals surface area contributed by atoms with Crippen LogP contribution >= 0.6 is 0 Å². The zero-order chi connectivity index (χ0) is 14.9. The topological polar surface area (TPSA) is 26.3 Å². The SMILES string of the molecule is CCCCCC(=O)CCCCO[Si](C)(C)C(C)(C)C. The van der Waals surface area contributed by atoms with Crippen LogP contribution in [0, 0.1) is 0 Å². The zero-order valence-electron chi connectivity index (χ0n) is 14.0. The zero-order valence-corrected chi connectivity index (χ0v) is 15.0. The average molecular weight is 287 g/mol. The summed E-state index contributed by atoms with van der Waals surface area (Å²) in [6.07, 6.45) is 6.96. The monoisotopic (exact) mass is 286 g/mol. The van der Waals surface area contributed by atoms with Crippen molar-refractivity contribution in [2.24, 2.45) is 0 Å². The first-order valence-electron chi connectivity index (χ1n) is 7.86. The molecule has 0 amide bonds. The Labute approximate surface area is 121 Å². The third kappa shape index (κ3) is 8.59. The van der Waals surface area contributed by atoms with Crippen molar-refractivity contribution in [2.45, 2.75) is 90.8 Å². The molecule has 0 fully saturated rings. The van der Waals surface area contributed by atoms with Gasteiger partial charge in [0, 0.05) is 19.4 Å². The molecule has 0 spiro atoms. The van der Waals surface area contributed by atoms with Crippen LogP contribution in [0.2, 0.25) is 18.1 Å². The van der Waals surface area contributed by atoms with Gasteiger partial charge in [0.25, 0.3) is 0 Å². The second-order valence-electron chi connectivity index (χ2n) is 7.06. The minimum absolute atomic E-state index is 0.281. The van der Waals surface area contributed by atoms with Crippen molar-refractivity contribution in [3.63, 3.8) is 0 Å². The summed E-state index contributed by atoms with van der Waals surface area (Å²) in [4.78, 5) is 11.6. The molecule has 0 radical (unpaired) electrons. The Bertz CT molecular complexity index is 254. The fraction of sp³-hybridized carbons (Fsp3) is 0.938. The first-order valence-corrected chi connectivity index (χ1v) is 10.8. The van der Waals surface area contributed by atoms with Crippen molar-refractivity contribution in [3.8, 4) is 0 Å². The predicted molar refractivity (Wildman–Crippen MR) is 86.1 cm³/mol. The molecular formula is C16H34O2Si. The van der Waals surface area contributed by atoms with Gasteiger partial charge in [0.15, 0.2) is 8.32 Å². The highest BCUT2D eigenvalue weighted by atomic mass is 28.4. The van der Waals surface area contributed by atoms with Gasteiger partial charge in [-0.1, -0.05) is 40.5 Å². The minimum atomic E-state index is -1.59. The van der Waals surface area contributed by atoms with Crippen molar-refractivity contribution >= 4 is 14.1 Å². The smallest absolute Gasteiger partial charge is 0.191 e. The van der Waals surface area contributed by atoms with Crippen molar-refractivity contribution < 1.29 is 9.22 Å². The number of hydrogen-bond acceptors (Lipinski definition) is 2. The number of rotatable bonds is 10. The van der Waals surface area contributed by atoms with E-state index in [2.05, 4.69) is 40.8 Å². The van der Waals surface area contributed by atoms with Crippen LogP contribution in [0.3, 0.4) is 0 Å². The first kappa shape index (κ1) is 18.8. The lowest BCUT2D eigenvalue weighted by Gasteiger charge is -2.36. The molecular weight excluding hydrogens is 252 g/mol. The lowest BCUT2D eigenvalue weighted by Crippen LogP contribution is -2.40. The Balaban J connectivity index is 3.63. The molecule has 0 aliphatic rings. The Hall–Kier alpha value is -0.153. The van der Waals surface area contributed by atoms with Gasteiger partial charge >= 0.3 is 0 Å². The maximum absolute atomic E-state index is 11.6. The van der Waals surface area contributed by atoms with Crippen LogP contribution in [0.5, 0.6) is 0 Å². The molecule has 0 saturated carbocycles. The summed E-state index contributed by atoms with van der Waals surface area (Å²) < 4.78 is 6.10. The third-order valence-corrected chi connectivity index (χ3v) is 8.72. The summed E-state index contributed by atoms with van der Waals surface area (Å²) in [6.45, 7) is 14.3. The molecule has 0 bridgehead atoms. The summed E-state index contributed by atoms with van der Waals surface area (Å²) in [5.41, 5.74) is 0. The van der Waals surface area contributed by atoms with E-state index in [1.165, 1.54) is 12.8 Å². The van der Waals surface area contributed by atoms with Crippen LogP contribution in [0.15, 0.2) is 0 Å². The van der Waals surface area contributed by atoms with Crippen LogP contribution in [0.1, 0.15) is 72.6 Å². The van der Waals surface area contributed by atoms with Crippen LogP contribution in [-0.4, -0.2) is 20.7 Å². The fourth-order valence-electron chi connectivity index (χ4n) is 1.67. The molecule has 0 aromatic heterocycles. The van der Waals surface area contributed by atoms with E-state index in [9.17, 15) is 4.79 Å². The molecule has 0 aliphatic carbocycles. The second kappa shape index (κ2) is 8.91. The summed E-state index contributed by atoms with van der Waals surface area (Å²) >= 11 is 0. The quantitative estimate of drug-likeness (QED) is 0.401. The lowest BCUT2D eigenvalue weighted by atomic mass is 10.1. The van der Waals surface area contributed by atoms with Gasteiger partial charge in [-0.05, 0) is 37.4 Å². The van der Waals surface area contributed by atoms with Gasteiger partial charge in [-0.25, -0.2) is 0 Å². The first-order chi connectivity index (χ1) is 8.70. The molecule has 0 rings (SSSR count). The van der Waals surface area contributed by atoms with Crippen molar-refractivity contribution in [1.82, 2.24) is 0 Å². The Morgan fingerprint density at radius 2 is 1.53 bits per heavy atom. The van der Waals surface area contributed by atoms with Crippen molar-refractivity contribution in [1.29, 1.82) is 0 Å². The normalized spacial score (nSPS) is 12.7. The van der Waals surface area contributed by atoms with Crippen molar-refractivity contribution in [2.75, 3.05) is 6.61 Å². The summed E-state index contributed by atoms with van der Waals surface area (Å²) in [6, 6.07) is 0. The molecule has 3 heteroatoms. The molecule has 0 unspecified atom stereocenters. The molecule has 19 heavy (non-hydrogen) atoms. The maximum Gasteiger partial charge on any atom is 0.191 e. The molecule has 0 aromatic carbocycles. The highest BCUT2D eigenvalue weighted by Crippen LogP contribution is 2.36. The third-order valence-electron chi connectivity index (χ3n) is 4.18. The van der Waals surface area contributed by atoms with E-state index in [0.717, 1.165) is 38.7 Å². The number of Topliss-reactive ketones (excluding diaryl/α,β-unsaturated/α-hetero) is 1. The number of hydrogen-bond donors (Lipinski definition) is 0.